The molecule has 5 rings (SSSR count). The Morgan fingerprint density at radius 3 is 2.66 bits per heavy atom. The van der Waals surface area contributed by atoms with E-state index in [1.54, 1.807) is 24.3 Å². The van der Waals surface area contributed by atoms with Gasteiger partial charge in [-0.25, -0.2) is 4.98 Å². The predicted octanol–water partition coefficient (Wildman–Crippen LogP) is 4.24. The number of phenolic OH excluding ortho intramolecular Hbond substituents is 1. The highest BCUT2D eigenvalue weighted by molar-refractivity contribution is 6.00. The molecule has 0 spiro atoms. The Morgan fingerprint density at radius 2 is 1.91 bits per heavy atom. The number of carbonyl (C=O) groups excluding carboxylic acids is 1. The summed E-state index contributed by atoms with van der Waals surface area (Å²) >= 11 is 0. The van der Waals surface area contributed by atoms with Crippen molar-refractivity contribution in [3.8, 4) is 17.1 Å². The molecule has 0 fully saturated rings. The zero-order valence-electron chi connectivity index (χ0n) is 19.7. The van der Waals surface area contributed by atoms with E-state index in [0.717, 1.165) is 22.5 Å². The fourth-order valence-electron chi connectivity index (χ4n) is 4.37. The van der Waals surface area contributed by atoms with Crippen molar-refractivity contribution >= 4 is 23.4 Å². The molecule has 9 nitrogen and oxygen atoms in total. The van der Waals surface area contributed by atoms with Crippen LogP contribution < -0.4 is 16.4 Å². The smallest absolute Gasteiger partial charge is 0.252 e. The van der Waals surface area contributed by atoms with Crippen molar-refractivity contribution in [3.63, 3.8) is 0 Å². The van der Waals surface area contributed by atoms with E-state index in [1.807, 2.05) is 45.0 Å². The molecule has 0 bridgehead atoms. The van der Waals surface area contributed by atoms with Gasteiger partial charge in [0.1, 0.15) is 11.6 Å². The molecular weight excluding hydrogens is 444 g/mol. The van der Waals surface area contributed by atoms with Crippen LogP contribution in [0, 0.1) is 6.92 Å². The molecule has 0 saturated heterocycles. The lowest BCUT2D eigenvalue weighted by Gasteiger charge is -2.19. The molecule has 1 aliphatic heterocycles. The first-order chi connectivity index (χ1) is 16.7. The van der Waals surface area contributed by atoms with Gasteiger partial charge in [0.05, 0.1) is 22.5 Å². The summed E-state index contributed by atoms with van der Waals surface area (Å²) in [6, 6.07) is 14.5. The largest absolute Gasteiger partial charge is 0.508 e. The lowest BCUT2D eigenvalue weighted by molar-refractivity contribution is 0.0940. The summed E-state index contributed by atoms with van der Waals surface area (Å²) in [6.45, 7) is 5.75. The van der Waals surface area contributed by atoms with Crippen LogP contribution in [0.25, 0.3) is 11.3 Å². The summed E-state index contributed by atoms with van der Waals surface area (Å²) in [5, 5.41) is 20.4. The van der Waals surface area contributed by atoms with Gasteiger partial charge in [0.15, 0.2) is 5.76 Å². The number of hydrogen-bond donors (Lipinski definition) is 4. The van der Waals surface area contributed by atoms with Crippen molar-refractivity contribution in [2.75, 3.05) is 11.1 Å². The van der Waals surface area contributed by atoms with Gasteiger partial charge in [-0.2, -0.15) is 4.98 Å². The molecule has 2 aromatic carbocycles. The molecule has 178 valence electrons. The summed E-state index contributed by atoms with van der Waals surface area (Å²) in [5.41, 5.74) is 11.0. The fraction of sp³-hybridized carbons (Fsp3) is 0.231. The number of aryl methyl sites for hydroxylation is 3. The van der Waals surface area contributed by atoms with Gasteiger partial charge in [-0.3, -0.25) is 4.79 Å². The number of nitrogens with one attached hydrogen (secondary N) is 2. The number of nitrogens with zero attached hydrogens (tertiary/aromatic N) is 3. The van der Waals surface area contributed by atoms with Gasteiger partial charge in [-0.1, -0.05) is 23.4 Å². The van der Waals surface area contributed by atoms with Gasteiger partial charge in [-0.05, 0) is 69.0 Å². The van der Waals surface area contributed by atoms with Crippen LogP contribution in [0.15, 0.2) is 53.1 Å². The van der Waals surface area contributed by atoms with Gasteiger partial charge in [0.2, 0.25) is 5.95 Å². The van der Waals surface area contributed by atoms with Crippen LogP contribution in [0.4, 0.5) is 17.5 Å². The van der Waals surface area contributed by atoms with Crippen molar-refractivity contribution in [1.82, 2.24) is 20.4 Å². The van der Waals surface area contributed by atoms with E-state index in [0.29, 0.717) is 41.4 Å². The van der Waals surface area contributed by atoms with Crippen LogP contribution in [0.2, 0.25) is 0 Å². The number of aromatic hydroxyl groups is 1. The van der Waals surface area contributed by atoms with E-state index in [2.05, 4.69) is 20.8 Å². The standard InChI is InChI=1S/C26H26N6O3/c1-14-12-21(35-32-14)22-19(11-8-15-6-4-5-7-20(15)33)29-25(30-23(22)27)28-16-9-10-17-18(13-16)26(2,3)31-24(17)34/h4-7,9-10,12-13,33H,8,11H2,1-3H3,(H,31,34)(H3,27,28,29,30). The Balaban J connectivity index is 1.51. The van der Waals surface area contributed by atoms with Gasteiger partial charge in [0, 0.05) is 17.3 Å². The zero-order chi connectivity index (χ0) is 24.7. The van der Waals surface area contributed by atoms with Gasteiger partial charge in [0.25, 0.3) is 5.91 Å². The molecule has 5 N–H and O–H groups in total. The Kier molecular flexibility index (Phi) is 5.39. The van der Waals surface area contributed by atoms with E-state index in [-0.39, 0.29) is 17.5 Å². The molecule has 2 aromatic heterocycles. The SMILES string of the molecule is Cc1cc(-c2c(N)nc(Nc3ccc4c(c3)C(C)(C)NC4=O)nc2CCc2ccccc2O)on1. The Labute approximate surface area is 202 Å². The molecule has 35 heavy (non-hydrogen) atoms. The average molecular weight is 471 g/mol. The molecule has 0 saturated carbocycles. The highest BCUT2D eigenvalue weighted by Crippen LogP contribution is 2.34. The normalized spacial score (nSPS) is 14.0. The average Bonchev–Trinajstić information content (AvgIpc) is 3.32. The first-order valence-corrected chi connectivity index (χ1v) is 11.3. The highest BCUT2D eigenvalue weighted by Gasteiger charge is 2.35. The van der Waals surface area contributed by atoms with E-state index >= 15 is 0 Å². The quantitative estimate of drug-likeness (QED) is 0.328. The van der Waals surface area contributed by atoms with Gasteiger partial charge >= 0.3 is 0 Å². The van der Waals surface area contributed by atoms with Crippen LogP contribution in [0.5, 0.6) is 5.75 Å². The molecule has 3 heterocycles. The second-order valence-corrected chi connectivity index (χ2v) is 9.18. The first-order valence-electron chi connectivity index (χ1n) is 11.3. The minimum atomic E-state index is -0.471. The minimum Gasteiger partial charge on any atom is -0.508 e. The summed E-state index contributed by atoms with van der Waals surface area (Å²) in [5.74, 6) is 1.21. The Morgan fingerprint density at radius 1 is 1.11 bits per heavy atom. The van der Waals surface area contributed by atoms with Crippen molar-refractivity contribution in [2.24, 2.45) is 0 Å². The Bertz CT molecular complexity index is 1440. The number of anilines is 3. The number of hydrogen-bond acceptors (Lipinski definition) is 8. The van der Waals surface area contributed by atoms with E-state index in [9.17, 15) is 9.90 Å². The van der Waals surface area contributed by atoms with Gasteiger partial charge in [-0.15, -0.1) is 0 Å². The third kappa shape index (κ3) is 4.28. The monoisotopic (exact) mass is 470 g/mol. The predicted molar refractivity (Wildman–Crippen MR) is 132 cm³/mol. The molecule has 9 heteroatoms. The first kappa shape index (κ1) is 22.4. The fourth-order valence-corrected chi connectivity index (χ4v) is 4.37. The number of para-hydroxylation sites is 1. The van der Waals surface area contributed by atoms with E-state index in [4.69, 9.17) is 15.2 Å². The number of rotatable bonds is 6. The third-order valence-electron chi connectivity index (χ3n) is 6.13. The number of nitrogen functional groups attached to an aromatic ring is 1. The number of nitrogens with two attached hydrogens (primary N) is 1. The highest BCUT2D eigenvalue weighted by atomic mass is 16.5. The van der Waals surface area contributed by atoms with E-state index in [1.165, 1.54) is 0 Å². The summed E-state index contributed by atoms with van der Waals surface area (Å²) < 4.78 is 5.47. The number of aromatic nitrogens is 3. The maximum Gasteiger partial charge on any atom is 0.252 e. The van der Waals surface area contributed by atoms with Crippen LogP contribution in [0.1, 0.15) is 46.7 Å². The molecule has 0 atom stereocenters. The number of phenols is 1. The van der Waals surface area contributed by atoms with Crippen LogP contribution in [-0.2, 0) is 18.4 Å². The molecule has 0 aliphatic carbocycles. The Hall–Kier alpha value is -4.40. The molecule has 0 radical (unpaired) electrons. The number of carbonyl (C=O) groups is 1. The lowest BCUT2D eigenvalue weighted by Crippen LogP contribution is -2.32. The van der Waals surface area contributed by atoms with Crippen molar-refractivity contribution < 1.29 is 14.4 Å². The minimum absolute atomic E-state index is 0.0878. The van der Waals surface area contributed by atoms with Crippen molar-refractivity contribution in [3.05, 3.63) is 76.6 Å². The summed E-state index contributed by atoms with van der Waals surface area (Å²) in [7, 11) is 0. The molecular formula is C26H26N6O3. The topological polar surface area (TPSA) is 139 Å². The molecule has 1 aliphatic rings. The molecule has 0 unspecified atom stereocenters. The number of amides is 1. The van der Waals surface area contributed by atoms with Crippen LogP contribution >= 0.6 is 0 Å². The maximum absolute atomic E-state index is 12.2. The second kappa shape index (κ2) is 8.43. The van der Waals surface area contributed by atoms with Crippen molar-refractivity contribution in [1.29, 1.82) is 0 Å². The molecule has 1 amide bonds. The second-order valence-electron chi connectivity index (χ2n) is 9.18. The number of fused-ring (bicyclic) bond motifs is 1. The molecule has 4 aromatic rings. The third-order valence-corrected chi connectivity index (χ3v) is 6.13. The van der Waals surface area contributed by atoms with E-state index < -0.39 is 5.54 Å². The maximum atomic E-state index is 12.2. The van der Waals surface area contributed by atoms with Crippen LogP contribution in [0.3, 0.4) is 0 Å². The summed E-state index contributed by atoms with van der Waals surface area (Å²) in [6.07, 6.45) is 1.03. The van der Waals surface area contributed by atoms with Gasteiger partial charge < -0.3 is 26.0 Å². The zero-order valence-corrected chi connectivity index (χ0v) is 19.7. The number of benzene rings is 2. The van der Waals surface area contributed by atoms with Crippen molar-refractivity contribution in [2.45, 2.75) is 39.2 Å². The lowest BCUT2D eigenvalue weighted by atomic mass is 9.94. The van der Waals surface area contributed by atoms with Crippen LogP contribution in [-0.4, -0.2) is 26.1 Å². The summed E-state index contributed by atoms with van der Waals surface area (Å²) in [4.78, 5) is 21.4.